The van der Waals surface area contributed by atoms with Crippen LogP contribution in [-0.4, -0.2) is 74.4 Å². The summed E-state index contributed by atoms with van der Waals surface area (Å²) in [6.07, 6.45) is 9.20. The Hall–Kier alpha value is -2.78. The van der Waals surface area contributed by atoms with Crippen LogP contribution in [0, 0.1) is 5.41 Å². The van der Waals surface area contributed by atoms with Crippen molar-refractivity contribution in [2.75, 3.05) is 46.9 Å². The lowest BCUT2D eigenvalue weighted by molar-refractivity contribution is -0.138. The van der Waals surface area contributed by atoms with Gasteiger partial charge in [-0.15, -0.1) is 0 Å². The van der Waals surface area contributed by atoms with Gasteiger partial charge in [0.25, 0.3) is 0 Å². The molecule has 0 aliphatic rings. The molecule has 0 radical (unpaired) electrons. The minimum absolute atomic E-state index is 0.231. The van der Waals surface area contributed by atoms with Gasteiger partial charge in [-0.05, 0) is 38.5 Å². The SMILES string of the molecule is CCC/C=C(/CC=C(C(=O)OCC)C(=NC)OCCNCCNC)C(=N)n1cccn1. The summed E-state index contributed by atoms with van der Waals surface area (Å²) in [5.41, 5.74) is 1.02. The van der Waals surface area contributed by atoms with E-state index >= 15 is 0 Å². The van der Waals surface area contributed by atoms with Crippen LogP contribution in [0.4, 0.5) is 0 Å². The van der Waals surface area contributed by atoms with E-state index in [-0.39, 0.29) is 23.9 Å². The number of rotatable bonds is 14. The van der Waals surface area contributed by atoms with Gasteiger partial charge in [-0.25, -0.2) is 9.48 Å². The molecule has 1 aromatic heterocycles. The number of carbonyl (C=O) groups is 1. The molecule has 0 saturated carbocycles. The number of unbranched alkanes of at least 4 members (excludes halogenated alkanes) is 1. The van der Waals surface area contributed by atoms with Crippen LogP contribution in [0.3, 0.4) is 0 Å². The first-order chi connectivity index (χ1) is 15.1. The normalized spacial score (nSPS) is 12.7. The number of hydrogen-bond donors (Lipinski definition) is 3. The van der Waals surface area contributed by atoms with Gasteiger partial charge < -0.3 is 20.1 Å². The number of esters is 1. The molecule has 1 rings (SSSR count). The number of carbonyl (C=O) groups excluding carboxylic acids is 1. The van der Waals surface area contributed by atoms with Crippen LogP contribution in [0.15, 0.2) is 46.8 Å². The van der Waals surface area contributed by atoms with Gasteiger partial charge in [-0.2, -0.15) is 5.10 Å². The van der Waals surface area contributed by atoms with Crippen LogP contribution in [0.25, 0.3) is 0 Å². The predicted molar refractivity (Wildman–Crippen MR) is 124 cm³/mol. The Labute approximate surface area is 185 Å². The lowest BCUT2D eigenvalue weighted by Crippen LogP contribution is -2.29. The van der Waals surface area contributed by atoms with E-state index in [2.05, 4.69) is 27.6 Å². The Bertz CT molecular complexity index is 753. The Morgan fingerprint density at radius 1 is 1.23 bits per heavy atom. The van der Waals surface area contributed by atoms with Crippen LogP contribution in [0.2, 0.25) is 0 Å². The summed E-state index contributed by atoms with van der Waals surface area (Å²) in [7, 11) is 3.47. The summed E-state index contributed by atoms with van der Waals surface area (Å²) < 4.78 is 12.5. The standard InChI is InChI=1S/C22H36N6O3/c1-5-7-9-18(20(23)28-16-8-12-27-28)10-11-19(22(29)30-6-2)21(25-4)31-17-15-26-14-13-24-3/h8-9,11-12,16,23-24,26H,5-7,10,13-15,17H2,1-4H3/b18-9-,19-11?,23-20?,25-21?. The largest absolute Gasteiger partial charge is 0.476 e. The van der Waals surface area contributed by atoms with Crippen molar-refractivity contribution in [3.8, 4) is 0 Å². The van der Waals surface area contributed by atoms with Gasteiger partial charge in [0, 0.05) is 39.1 Å². The highest BCUT2D eigenvalue weighted by molar-refractivity contribution is 6.16. The fourth-order valence-electron chi connectivity index (χ4n) is 2.64. The van der Waals surface area contributed by atoms with Gasteiger partial charge in [0.2, 0.25) is 5.90 Å². The van der Waals surface area contributed by atoms with Gasteiger partial charge in [0.05, 0.1) is 6.61 Å². The molecule has 0 amide bonds. The molecule has 31 heavy (non-hydrogen) atoms. The molecule has 0 saturated heterocycles. The molecule has 172 valence electrons. The number of ether oxygens (including phenoxy) is 2. The summed E-state index contributed by atoms with van der Waals surface area (Å²) in [5.74, 6) is 0.00331. The maximum absolute atomic E-state index is 12.6. The number of allylic oxidation sites excluding steroid dienone is 3. The van der Waals surface area contributed by atoms with Crippen molar-refractivity contribution < 1.29 is 14.3 Å². The number of hydrogen-bond acceptors (Lipinski definition) is 8. The maximum Gasteiger partial charge on any atom is 0.343 e. The van der Waals surface area contributed by atoms with Crippen molar-refractivity contribution in [2.45, 2.75) is 33.1 Å². The average Bonchev–Trinajstić information content (AvgIpc) is 3.31. The highest BCUT2D eigenvalue weighted by atomic mass is 16.5. The molecule has 0 spiro atoms. The first-order valence-electron chi connectivity index (χ1n) is 10.7. The first kappa shape index (κ1) is 26.3. The van der Waals surface area contributed by atoms with E-state index < -0.39 is 5.97 Å². The second-order valence-electron chi connectivity index (χ2n) is 6.59. The summed E-state index contributed by atoms with van der Waals surface area (Å²) in [6, 6.07) is 1.77. The number of nitrogens with one attached hydrogen (secondary N) is 3. The minimum atomic E-state index is -0.494. The Morgan fingerprint density at radius 2 is 2.03 bits per heavy atom. The number of nitrogens with zero attached hydrogens (tertiary/aromatic N) is 3. The molecule has 0 bridgehead atoms. The molecule has 1 aromatic rings. The van der Waals surface area contributed by atoms with Crippen LogP contribution in [0.5, 0.6) is 0 Å². The van der Waals surface area contributed by atoms with E-state index in [4.69, 9.17) is 14.9 Å². The van der Waals surface area contributed by atoms with Crippen LogP contribution >= 0.6 is 0 Å². The summed E-state index contributed by atoms with van der Waals surface area (Å²) in [4.78, 5) is 16.7. The van der Waals surface area contributed by atoms with Gasteiger partial charge >= 0.3 is 5.97 Å². The summed E-state index contributed by atoms with van der Waals surface area (Å²) in [6.45, 7) is 6.76. The molecule has 1 heterocycles. The fraction of sp³-hybridized carbons (Fsp3) is 0.545. The molecule has 3 N–H and O–H groups in total. The predicted octanol–water partition coefficient (Wildman–Crippen LogP) is 2.17. The lowest BCUT2D eigenvalue weighted by Gasteiger charge is -2.13. The highest BCUT2D eigenvalue weighted by Gasteiger charge is 2.19. The number of aromatic nitrogens is 2. The van der Waals surface area contributed by atoms with E-state index in [1.54, 1.807) is 38.5 Å². The molecule has 0 atom stereocenters. The Balaban J connectivity index is 2.97. The Kier molecular flexibility index (Phi) is 13.5. The molecular weight excluding hydrogens is 396 g/mol. The monoisotopic (exact) mass is 432 g/mol. The van der Waals surface area contributed by atoms with E-state index in [0.29, 0.717) is 19.6 Å². The number of likely N-dealkylation sites (N-methyl/N-ethyl adjacent to an activating group) is 1. The quantitative estimate of drug-likeness (QED) is 0.136. The minimum Gasteiger partial charge on any atom is -0.476 e. The zero-order valence-electron chi connectivity index (χ0n) is 19.1. The maximum atomic E-state index is 12.6. The molecule has 9 nitrogen and oxygen atoms in total. The third-order valence-corrected chi connectivity index (χ3v) is 4.24. The van der Waals surface area contributed by atoms with Gasteiger partial charge in [-0.3, -0.25) is 10.4 Å². The summed E-state index contributed by atoms with van der Waals surface area (Å²) >= 11 is 0. The van der Waals surface area contributed by atoms with Crippen LogP contribution < -0.4 is 10.6 Å². The van der Waals surface area contributed by atoms with Crippen molar-refractivity contribution in [2.24, 2.45) is 4.99 Å². The summed E-state index contributed by atoms with van der Waals surface area (Å²) in [5, 5.41) is 18.9. The van der Waals surface area contributed by atoms with Crippen LogP contribution in [0.1, 0.15) is 33.1 Å². The zero-order chi connectivity index (χ0) is 22.9. The van der Waals surface area contributed by atoms with E-state index in [1.807, 2.05) is 13.1 Å². The van der Waals surface area contributed by atoms with Crippen molar-refractivity contribution >= 4 is 17.7 Å². The molecule has 0 unspecified atom stereocenters. The molecule has 9 heteroatoms. The second kappa shape index (κ2) is 16.0. The van der Waals surface area contributed by atoms with Crippen molar-refractivity contribution in [3.05, 3.63) is 41.8 Å². The first-order valence-corrected chi connectivity index (χ1v) is 10.7. The fourth-order valence-corrected chi connectivity index (χ4v) is 2.64. The third-order valence-electron chi connectivity index (χ3n) is 4.24. The van der Waals surface area contributed by atoms with Crippen LogP contribution in [-0.2, 0) is 14.3 Å². The van der Waals surface area contributed by atoms with E-state index in [9.17, 15) is 4.79 Å². The Morgan fingerprint density at radius 3 is 2.65 bits per heavy atom. The molecular formula is C22H36N6O3. The average molecular weight is 433 g/mol. The smallest absolute Gasteiger partial charge is 0.343 e. The van der Waals surface area contributed by atoms with Crippen molar-refractivity contribution in [1.29, 1.82) is 5.41 Å². The van der Waals surface area contributed by atoms with Gasteiger partial charge in [-0.1, -0.05) is 25.5 Å². The molecule has 0 fully saturated rings. The third kappa shape index (κ3) is 9.71. The number of aliphatic imine (C=N–C) groups is 1. The van der Waals surface area contributed by atoms with Crippen molar-refractivity contribution in [1.82, 2.24) is 20.4 Å². The lowest BCUT2D eigenvalue weighted by atomic mass is 10.1. The molecule has 0 aliphatic carbocycles. The zero-order valence-corrected chi connectivity index (χ0v) is 19.1. The van der Waals surface area contributed by atoms with Gasteiger partial charge in [0.1, 0.15) is 18.0 Å². The molecule has 0 aliphatic heterocycles. The topological polar surface area (TPSA) is 114 Å². The highest BCUT2D eigenvalue weighted by Crippen LogP contribution is 2.13. The van der Waals surface area contributed by atoms with E-state index in [0.717, 1.165) is 31.5 Å². The van der Waals surface area contributed by atoms with E-state index in [1.165, 1.54) is 4.68 Å². The van der Waals surface area contributed by atoms with Crippen molar-refractivity contribution in [3.63, 3.8) is 0 Å². The molecule has 0 aromatic carbocycles. The van der Waals surface area contributed by atoms with Gasteiger partial charge in [0.15, 0.2) is 0 Å². The second-order valence-corrected chi connectivity index (χ2v) is 6.59.